The smallest absolute Gasteiger partial charge is 0.317 e. The summed E-state index contributed by atoms with van der Waals surface area (Å²) in [6.07, 6.45) is 0.633. The predicted molar refractivity (Wildman–Crippen MR) is 106 cm³/mol. The lowest BCUT2D eigenvalue weighted by Gasteiger charge is -2.15. The van der Waals surface area contributed by atoms with Crippen molar-refractivity contribution in [2.24, 2.45) is 0 Å². The molecule has 3 N–H and O–H groups in total. The monoisotopic (exact) mass is 404 g/mol. The molecular weight excluding hydrogens is 383 g/mol. The third kappa shape index (κ3) is 3.24. The van der Waals surface area contributed by atoms with Crippen LogP contribution in [0.3, 0.4) is 0 Å². The van der Waals surface area contributed by atoms with E-state index in [2.05, 4.69) is 20.7 Å². The number of nitrogens with one attached hydrogen (secondary N) is 2. The highest BCUT2D eigenvalue weighted by Gasteiger charge is 2.35. The number of nitrogens with zero attached hydrogens (tertiary/aromatic N) is 4. The number of carbonyl (C=O) groups is 1. The highest BCUT2D eigenvalue weighted by atomic mass is 32.1. The summed E-state index contributed by atoms with van der Waals surface area (Å²) >= 11 is 1.36. The first-order valence-electron chi connectivity index (χ1n) is 8.89. The van der Waals surface area contributed by atoms with Gasteiger partial charge >= 0.3 is 6.03 Å². The van der Waals surface area contributed by atoms with E-state index in [-0.39, 0.29) is 24.9 Å². The minimum atomic E-state index is -1.17. The van der Waals surface area contributed by atoms with E-state index in [4.69, 9.17) is 0 Å². The van der Waals surface area contributed by atoms with Crippen molar-refractivity contribution in [2.45, 2.75) is 26.1 Å². The molecule has 2 atom stereocenters. The van der Waals surface area contributed by atoms with Crippen molar-refractivity contribution >= 4 is 32.8 Å². The quantitative estimate of drug-likeness (QED) is 0.624. The number of thiazole rings is 1. The first kappa shape index (κ1) is 18.5. The molecule has 1 fully saturated rings. The molecule has 8 nitrogen and oxygen atoms in total. The lowest BCUT2D eigenvalue weighted by atomic mass is 10.1. The van der Waals surface area contributed by atoms with Gasteiger partial charge in [0.25, 0.3) is 0 Å². The van der Waals surface area contributed by atoms with Crippen molar-refractivity contribution in [3.8, 4) is 11.4 Å². The van der Waals surface area contributed by atoms with Crippen LogP contribution in [0.25, 0.3) is 16.0 Å². The van der Waals surface area contributed by atoms with Crippen molar-refractivity contribution in [2.75, 3.05) is 25.5 Å². The molecule has 2 amide bonds. The second kappa shape index (κ2) is 6.93. The van der Waals surface area contributed by atoms with Crippen LogP contribution in [0.15, 0.2) is 18.3 Å². The number of carbonyl (C=O) groups excluding carboxylic acids is 1. The van der Waals surface area contributed by atoms with Crippen LogP contribution < -0.4 is 10.6 Å². The van der Waals surface area contributed by atoms with Crippen LogP contribution in [0.2, 0.25) is 0 Å². The molecule has 28 heavy (non-hydrogen) atoms. The fraction of sp³-hybridized carbons (Fsp3) is 0.389. The first-order valence-corrected chi connectivity index (χ1v) is 9.71. The highest BCUT2D eigenvalue weighted by Crippen LogP contribution is 2.31. The van der Waals surface area contributed by atoms with Gasteiger partial charge in [0.1, 0.15) is 17.6 Å². The Kier molecular flexibility index (Phi) is 4.58. The van der Waals surface area contributed by atoms with Gasteiger partial charge in [-0.3, -0.25) is 0 Å². The first-order chi connectivity index (χ1) is 13.4. The number of phenolic OH excluding ortho intramolecular Hbond substituents is 1. The summed E-state index contributed by atoms with van der Waals surface area (Å²) in [5.41, 5.74) is 3.02. The largest absolute Gasteiger partial charge is 0.506 e. The number of phenols is 1. The Balaban J connectivity index is 1.55. The Morgan fingerprint density at radius 2 is 2.14 bits per heavy atom. The van der Waals surface area contributed by atoms with Gasteiger partial charge in [0.15, 0.2) is 10.8 Å². The number of rotatable bonds is 3. The normalized spacial score (nSPS) is 19.4. The van der Waals surface area contributed by atoms with E-state index in [0.717, 1.165) is 15.8 Å². The molecule has 1 aromatic carbocycles. The minimum Gasteiger partial charge on any atom is -0.506 e. The van der Waals surface area contributed by atoms with Gasteiger partial charge in [0.2, 0.25) is 0 Å². The zero-order chi connectivity index (χ0) is 20.0. The molecule has 10 heteroatoms. The second-order valence-electron chi connectivity index (χ2n) is 6.96. The third-order valence-electron chi connectivity index (χ3n) is 4.79. The number of aryl methyl sites for hydroxylation is 2. The Bertz CT molecular complexity index is 994. The van der Waals surface area contributed by atoms with E-state index in [9.17, 15) is 14.3 Å². The number of urea groups is 1. The molecule has 1 aliphatic rings. The maximum absolute atomic E-state index is 14.3. The van der Waals surface area contributed by atoms with Gasteiger partial charge in [-0.05, 0) is 31.0 Å². The van der Waals surface area contributed by atoms with Gasteiger partial charge < -0.3 is 20.6 Å². The number of benzene rings is 1. The number of hydrogen-bond donors (Lipinski definition) is 3. The summed E-state index contributed by atoms with van der Waals surface area (Å²) in [7, 11) is 1.53. The predicted octanol–water partition coefficient (Wildman–Crippen LogP) is 2.58. The molecule has 2 aromatic heterocycles. The fourth-order valence-electron chi connectivity index (χ4n) is 3.52. The molecule has 0 saturated carbocycles. The highest BCUT2D eigenvalue weighted by molar-refractivity contribution is 7.22. The van der Waals surface area contributed by atoms with Gasteiger partial charge in [0.05, 0.1) is 23.5 Å². The second-order valence-corrected chi connectivity index (χ2v) is 7.99. The Morgan fingerprint density at radius 3 is 2.82 bits per heavy atom. The van der Waals surface area contributed by atoms with E-state index in [1.807, 2.05) is 19.9 Å². The van der Waals surface area contributed by atoms with E-state index in [1.165, 1.54) is 23.3 Å². The van der Waals surface area contributed by atoms with Crippen LogP contribution in [0.4, 0.5) is 14.3 Å². The maximum atomic E-state index is 14.3. The Morgan fingerprint density at radius 1 is 1.36 bits per heavy atom. The average Bonchev–Trinajstić information content (AvgIpc) is 3.27. The summed E-state index contributed by atoms with van der Waals surface area (Å²) < 4.78 is 16.7. The van der Waals surface area contributed by atoms with E-state index in [1.54, 1.807) is 16.9 Å². The van der Waals surface area contributed by atoms with E-state index >= 15 is 0 Å². The summed E-state index contributed by atoms with van der Waals surface area (Å²) in [6, 6.07) is 2.87. The fourth-order valence-corrected chi connectivity index (χ4v) is 4.40. The Labute approximate surface area is 165 Å². The molecule has 1 saturated heterocycles. The van der Waals surface area contributed by atoms with Crippen molar-refractivity contribution < 1.29 is 14.3 Å². The van der Waals surface area contributed by atoms with Gasteiger partial charge in [-0.25, -0.2) is 13.9 Å². The van der Waals surface area contributed by atoms with Crippen molar-refractivity contribution in [1.82, 2.24) is 25.0 Å². The number of alkyl halides is 1. The van der Waals surface area contributed by atoms with Crippen molar-refractivity contribution in [1.29, 1.82) is 0 Å². The van der Waals surface area contributed by atoms with Crippen LogP contribution in [-0.4, -0.2) is 63.2 Å². The average molecular weight is 404 g/mol. The number of likely N-dealkylation sites (tertiary alicyclic amines) is 1. The third-order valence-corrected chi connectivity index (χ3v) is 5.70. The van der Waals surface area contributed by atoms with Gasteiger partial charge in [0, 0.05) is 13.6 Å². The van der Waals surface area contributed by atoms with Gasteiger partial charge in [-0.15, -0.1) is 5.10 Å². The standard InChI is InChI=1S/C18H21FN6O2S/c1-9-4-10(2)15(13(26)5-9)25-8-14-16(23-25)22-17(28-14)21-12-7-24(6-11(12)19)18(27)20-3/h4-5,8,11-12,26H,6-7H2,1-3H3,(H,20,27)(H,21,22,23)/t11-,12?/m0/s1. The van der Waals surface area contributed by atoms with Gasteiger partial charge in [-0.2, -0.15) is 4.98 Å². The molecule has 148 valence electrons. The Hall–Kier alpha value is -2.88. The molecule has 0 aliphatic carbocycles. The minimum absolute atomic E-state index is 0.0543. The summed E-state index contributed by atoms with van der Waals surface area (Å²) in [4.78, 5) is 17.5. The molecule has 0 spiro atoms. The van der Waals surface area contributed by atoms with Gasteiger partial charge in [-0.1, -0.05) is 17.4 Å². The lowest BCUT2D eigenvalue weighted by Crippen LogP contribution is -2.37. The summed E-state index contributed by atoms with van der Waals surface area (Å²) in [6.45, 7) is 4.16. The van der Waals surface area contributed by atoms with Crippen LogP contribution in [0, 0.1) is 13.8 Å². The number of anilines is 1. The summed E-state index contributed by atoms with van der Waals surface area (Å²) in [5, 5.41) is 20.9. The number of aromatic nitrogens is 3. The number of aromatic hydroxyl groups is 1. The number of halogens is 1. The molecule has 4 rings (SSSR count). The molecule has 0 bridgehead atoms. The van der Waals surface area contributed by atoms with Crippen molar-refractivity contribution in [3.63, 3.8) is 0 Å². The van der Waals surface area contributed by atoms with Crippen LogP contribution in [0.1, 0.15) is 11.1 Å². The van der Waals surface area contributed by atoms with Crippen LogP contribution in [0.5, 0.6) is 5.75 Å². The zero-order valence-electron chi connectivity index (χ0n) is 15.7. The maximum Gasteiger partial charge on any atom is 0.317 e. The molecule has 0 radical (unpaired) electrons. The lowest BCUT2D eigenvalue weighted by molar-refractivity contribution is 0.206. The number of amides is 2. The van der Waals surface area contributed by atoms with Crippen LogP contribution >= 0.6 is 11.3 Å². The molecular formula is C18H21FN6O2S. The molecule has 3 aromatic rings. The summed E-state index contributed by atoms with van der Waals surface area (Å²) in [5.74, 6) is 0.159. The number of hydrogen-bond acceptors (Lipinski definition) is 6. The molecule has 1 unspecified atom stereocenters. The zero-order valence-corrected chi connectivity index (χ0v) is 16.5. The molecule has 3 heterocycles. The van der Waals surface area contributed by atoms with Crippen molar-refractivity contribution in [3.05, 3.63) is 29.5 Å². The van der Waals surface area contributed by atoms with Crippen LogP contribution in [-0.2, 0) is 0 Å². The molecule has 1 aliphatic heterocycles. The topological polar surface area (TPSA) is 95.3 Å². The van der Waals surface area contributed by atoms with E-state index in [0.29, 0.717) is 16.5 Å². The number of fused-ring (bicyclic) bond motifs is 1. The van der Waals surface area contributed by atoms with E-state index < -0.39 is 12.2 Å². The SMILES string of the molecule is CNC(=O)N1CC(Nc2nc3nn(-c4c(C)cc(C)cc4O)cc3s2)[C@@H](F)C1.